The van der Waals surface area contributed by atoms with Crippen molar-refractivity contribution >= 4 is 0 Å². The lowest BCUT2D eigenvalue weighted by Gasteiger charge is -2.24. The molecule has 2 atom stereocenters. The molecule has 1 aromatic carbocycles. The second kappa shape index (κ2) is 6.57. The van der Waals surface area contributed by atoms with Crippen molar-refractivity contribution in [3.05, 3.63) is 47.0 Å². The summed E-state index contributed by atoms with van der Waals surface area (Å²) in [6.45, 7) is 4.90. The van der Waals surface area contributed by atoms with E-state index in [4.69, 9.17) is 0 Å². The van der Waals surface area contributed by atoms with Crippen molar-refractivity contribution in [2.75, 3.05) is 6.54 Å². The van der Waals surface area contributed by atoms with E-state index in [0.717, 1.165) is 23.8 Å². The molecule has 2 heterocycles. The first kappa shape index (κ1) is 17.0. The molecule has 24 heavy (non-hydrogen) atoms. The Labute approximate surface area is 139 Å². The van der Waals surface area contributed by atoms with Crippen LogP contribution in [-0.4, -0.2) is 37.4 Å². The molecule has 3 rings (SSSR count). The minimum Gasteiger partial charge on any atom is -0.392 e. The number of aromatic nitrogens is 3. The zero-order chi connectivity index (χ0) is 17.4. The van der Waals surface area contributed by atoms with Crippen LogP contribution in [-0.2, 0) is 13.6 Å². The molecule has 5 nitrogen and oxygen atoms in total. The molecule has 0 aliphatic carbocycles. The van der Waals surface area contributed by atoms with Crippen LogP contribution >= 0.6 is 0 Å². The number of aliphatic hydroxyl groups excluding tert-OH is 1. The summed E-state index contributed by atoms with van der Waals surface area (Å²) in [6, 6.07) is 3.06. The second-order valence-electron chi connectivity index (χ2n) is 6.69. The number of rotatable bonds is 4. The normalized spacial score (nSPS) is 21.8. The van der Waals surface area contributed by atoms with Crippen LogP contribution < -0.4 is 0 Å². The van der Waals surface area contributed by atoms with Crippen molar-refractivity contribution in [2.45, 2.75) is 44.9 Å². The van der Waals surface area contributed by atoms with Crippen LogP contribution in [0.5, 0.6) is 0 Å². The minimum atomic E-state index is -0.574. The largest absolute Gasteiger partial charge is 0.392 e. The number of hydrogen-bond donors (Lipinski definition) is 1. The van der Waals surface area contributed by atoms with E-state index in [9.17, 15) is 13.9 Å². The summed E-state index contributed by atoms with van der Waals surface area (Å²) in [5, 5.41) is 18.4. The zero-order valence-electron chi connectivity index (χ0n) is 14.1. The number of likely N-dealkylation sites (tertiary alicyclic amines) is 1. The highest BCUT2D eigenvalue weighted by molar-refractivity contribution is 5.24. The number of β-amino-alcohol motifs (C(OH)–C–C–N with tert-alkyl or cyclic N) is 1. The van der Waals surface area contributed by atoms with Gasteiger partial charge in [-0.2, -0.15) is 0 Å². The number of halogens is 2. The lowest BCUT2D eigenvalue weighted by Crippen LogP contribution is -2.26. The van der Waals surface area contributed by atoms with Crippen molar-refractivity contribution < 1.29 is 13.9 Å². The highest BCUT2D eigenvalue weighted by Crippen LogP contribution is 2.35. The third-order valence-electron chi connectivity index (χ3n) is 4.56. The van der Waals surface area contributed by atoms with E-state index in [1.54, 1.807) is 0 Å². The molecule has 0 radical (unpaired) electrons. The van der Waals surface area contributed by atoms with Gasteiger partial charge in [0.15, 0.2) is 0 Å². The van der Waals surface area contributed by atoms with Crippen LogP contribution in [0.3, 0.4) is 0 Å². The molecule has 0 bridgehead atoms. The van der Waals surface area contributed by atoms with Crippen LogP contribution in [0.2, 0.25) is 0 Å². The van der Waals surface area contributed by atoms with Gasteiger partial charge in [-0.15, -0.1) is 10.2 Å². The molecule has 1 saturated heterocycles. The Balaban J connectivity index is 1.87. The number of nitrogens with zero attached hydrogens (tertiary/aromatic N) is 4. The van der Waals surface area contributed by atoms with E-state index >= 15 is 0 Å². The number of aliphatic hydroxyl groups is 1. The van der Waals surface area contributed by atoms with Crippen LogP contribution in [0.25, 0.3) is 0 Å². The van der Waals surface area contributed by atoms with E-state index in [-0.39, 0.29) is 17.5 Å². The molecule has 7 heteroatoms. The van der Waals surface area contributed by atoms with E-state index < -0.39 is 17.7 Å². The molecule has 1 aliphatic rings. The Hall–Kier alpha value is -1.86. The lowest BCUT2D eigenvalue weighted by atomic mass is 10.0. The maximum Gasteiger partial charge on any atom is 0.146 e. The Morgan fingerprint density at radius 3 is 2.71 bits per heavy atom. The third kappa shape index (κ3) is 3.18. The summed E-state index contributed by atoms with van der Waals surface area (Å²) in [5.74, 6) is 0.930. The monoisotopic (exact) mass is 336 g/mol. The van der Waals surface area contributed by atoms with Gasteiger partial charge in [-0.1, -0.05) is 13.8 Å². The molecule has 2 aromatic rings. The maximum absolute atomic E-state index is 14.1. The molecule has 2 unspecified atom stereocenters. The van der Waals surface area contributed by atoms with E-state index in [0.29, 0.717) is 19.5 Å². The van der Waals surface area contributed by atoms with Gasteiger partial charge in [0.05, 0.1) is 12.6 Å². The van der Waals surface area contributed by atoms with Crippen LogP contribution in [0.1, 0.15) is 49.4 Å². The molecule has 1 aliphatic heterocycles. The van der Waals surface area contributed by atoms with Gasteiger partial charge in [0, 0.05) is 31.1 Å². The number of benzene rings is 1. The predicted octanol–water partition coefficient (Wildman–Crippen LogP) is 2.52. The topological polar surface area (TPSA) is 54.2 Å². The van der Waals surface area contributed by atoms with E-state index in [1.165, 1.54) is 6.07 Å². The maximum atomic E-state index is 14.1. The molecule has 1 N–H and O–H groups in total. The molecule has 0 saturated carbocycles. The highest BCUT2D eigenvalue weighted by atomic mass is 19.1. The second-order valence-corrected chi connectivity index (χ2v) is 6.69. The predicted molar refractivity (Wildman–Crippen MR) is 85.2 cm³/mol. The quantitative estimate of drug-likeness (QED) is 0.932. The summed E-state index contributed by atoms with van der Waals surface area (Å²) < 4.78 is 29.6. The highest BCUT2D eigenvalue weighted by Gasteiger charge is 2.34. The average Bonchev–Trinajstić information content (AvgIpc) is 3.06. The van der Waals surface area contributed by atoms with Gasteiger partial charge in [0.25, 0.3) is 0 Å². The van der Waals surface area contributed by atoms with Crippen LogP contribution in [0, 0.1) is 11.6 Å². The van der Waals surface area contributed by atoms with Gasteiger partial charge in [-0.05, 0) is 24.6 Å². The van der Waals surface area contributed by atoms with E-state index in [2.05, 4.69) is 10.2 Å². The first-order valence-corrected chi connectivity index (χ1v) is 8.12. The summed E-state index contributed by atoms with van der Waals surface area (Å²) in [4.78, 5) is 1.93. The molecular formula is C17H22F2N4O. The Bertz CT molecular complexity index is 731. The molecular weight excluding hydrogens is 314 g/mol. The summed E-state index contributed by atoms with van der Waals surface area (Å²) in [5.41, 5.74) is 0.276. The minimum absolute atomic E-state index is 0.247. The molecule has 0 spiro atoms. The summed E-state index contributed by atoms with van der Waals surface area (Å²) in [7, 11) is 1.90. The first-order valence-electron chi connectivity index (χ1n) is 8.12. The molecule has 130 valence electrons. The van der Waals surface area contributed by atoms with Gasteiger partial charge in [0.1, 0.15) is 23.3 Å². The Morgan fingerprint density at radius 1 is 1.29 bits per heavy atom. The zero-order valence-corrected chi connectivity index (χ0v) is 14.1. The number of hydrogen-bond acceptors (Lipinski definition) is 4. The standard InChI is InChI=1S/C17H22F2N4O/c1-10(2)17-21-20-16(22(17)3)9-23-8-12(24)7-15(23)13-6-11(18)4-5-14(13)19/h4-6,10,12,15,24H,7-9H2,1-3H3. The Morgan fingerprint density at radius 2 is 2.04 bits per heavy atom. The van der Waals surface area contributed by atoms with Gasteiger partial charge in [-0.3, -0.25) is 4.90 Å². The molecule has 0 amide bonds. The van der Waals surface area contributed by atoms with Crippen molar-refractivity contribution in [3.63, 3.8) is 0 Å². The lowest BCUT2D eigenvalue weighted by molar-refractivity contribution is 0.170. The third-order valence-corrected chi connectivity index (χ3v) is 4.56. The average molecular weight is 336 g/mol. The first-order chi connectivity index (χ1) is 11.4. The summed E-state index contributed by atoms with van der Waals surface area (Å²) in [6.07, 6.45) is -0.203. The summed E-state index contributed by atoms with van der Waals surface area (Å²) >= 11 is 0. The fraction of sp³-hybridized carbons (Fsp3) is 0.529. The van der Waals surface area contributed by atoms with Crippen LogP contribution in [0.4, 0.5) is 8.78 Å². The van der Waals surface area contributed by atoms with Gasteiger partial charge >= 0.3 is 0 Å². The van der Waals surface area contributed by atoms with Gasteiger partial charge in [0.2, 0.25) is 0 Å². The van der Waals surface area contributed by atoms with Crippen molar-refractivity contribution in [1.82, 2.24) is 19.7 Å². The van der Waals surface area contributed by atoms with Crippen molar-refractivity contribution in [2.24, 2.45) is 7.05 Å². The van der Waals surface area contributed by atoms with Crippen molar-refractivity contribution in [3.8, 4) is 0 Å². The fourth-order valence-corrected chi connectivity index (χ4v) is 3.35. The molecule has 1 fully saturated rings. The van der Waals surface area contributed by atoms with E-state index in [1.807, 2.05) is 30.4 Å². The van der Waals surface area contributed by atoms with Crippen molar-refractivity contribution in [1.29, 1.82) is 0 Å². The van der Waals surface area contributed by atoms with Gasteiger partial charge in [-0.25, -0.2) is 8.78 Å². The Kier molecular flexibility index (Phi) is 4.64. The van der Waals surface area contributed by atoms with Crippen LogP contribution in [0.15, 0.2) is 18.2 Å². The van der Waals surface area contributed by atoms with Gasteiger partial charge < -0.3 is 9.67 Å². The molecule has 1 aromatic heterocycles. The smallest absolute Gasteiger partial charge is 0.146 e. The fourth-order valence-electron chi connectivity index (χ4n) is 3.35. The SMILES string of the molecule is CC(C)c1nnc(CN2CC(O)CC2c2cc(F)ccc2F)n1C.